The second-order valence-corrected chi connectivity index (χ2v) is 5.89. The van der Waals surface area contributed by atoms with Gasteiger partial charge >= 0.3 is 6.18 Å². The quantitative estimate of drug-likeness (QED) is 0.797. The van der Waals surface area contributed by atoms with E-state index in [4.69, 9.17) is 11.6 Å². The lowest BCUT2D eigenvalue weighted by atomic mass is 10.4. The largest absolute Gasteiger partial charge is 0.435 e. The average molecular weight is 289 g/mol. The van der Waals surface area contributed by atoms with Crippen molar-refractivity contribution in [1.29, 1.82) is 0 Å². The van der Waals surface area contributed by atoms with E-state index in [1.165, 1.54) is 6.92 Å². The van der Waals surface area contributed by atoms with Crippen molar-refractivity contribution in [2.75, 3.05) is 5.88 Å². The Morgan fingerprint density at radius 3 is 2.29 bits per heavy atom. The third-order valence-electron chi connectivity index (χ3n) is 1.97. The standard InChI is InChI=1S/C8H8ClF3N2O2S/c1-5(4-9)17(15,16)7-3-2-6(13-14-7)8(10,11)12/h2-3,5H,4H2,1H3. The predicted octanol–water partition coefficient (Wildman–Crippen LogP) is 1.90. The summed E-state index contributed by atoms with van der Waals surface area (Å²) in [5.41, 5.74) is -1.24. The molecule has 1 unspecified atom stereocenters. The summed E-state index contributed by atoms with van der Waals surface area (Å²) < 4.78 is 59.8. The zero-order valence-corrected chi connectivity index (χ0v) is 10.1. The van der Waals surface area contributed by atoms with Crippen LogP contribution in [0.5, 0.6) is 0 Å². The molecule has 0 N–H and O–H groups in total. The summed E-state index contributed by atoms with van der Waals surface area (Å²) in [7, 11) is -3.82. The summed E-state index contributed by atoms with van der Waals surface area (Å²) in [4.78, 5) is 0. The summed E-state index contributed by atoms with van der Waals surface area (Å²) in [5, 5.41) is 4.45. The van der Waals surface area contributed by atoms with Crippen LogP contribution in [0.25, 0.3) is 0 Å². The minimum Gasteiger partial charge on any atom is -0.222 e. The van der Waals surface area contributed by atoms with Gasteiger partial charge in [-0.1, -0.05) is 0 Å². The normalized spacial score (nSPS) is 14.6. The Bertz CT molecular complexity index is 486. The Labute approximate surface area is 101 Å². The van der Waals surface area contributed by atoms with Gasteiger partial charge in [0.2, 0.25) is 9.84 Å². The number of sulfone groups is 1. The zero-order chi connectivity index (χ0) is 13.3. The molecule has 0 aliphatic carbocycles. The summed E-state index contributed by atoms with van der Waals surface area (Å²) in [5.74, 6) is -0.176. The summed E-state index contributed by atoms with van der Waals surface area (Å²) in [6.45, 7) is 1.34. The van der Waals surface area contributed by atoms with Crippen LogP contribution in [0.3, 0.4) is 0 Å². The van der Waals surface area contributed by atoms with E-state index in [0.29, 0.717) is 6.07 Å². The minimum absolute atomic E-state index is 0.176. The molecule has 0 fully saturated rings. The van der Waals surface area contributed by atoms with Crippen molar-refractivity contribution in [2.24, 2.45) is 0 Å². The molecule has 9 heteroatoms. The molecule has 96 valence electrons. The summed E-state index contributed by atoms with van der Waals surface area (Å²) in [6, 6.07) is 1.34. The molecule has 1 atom stereocenters. The maximum Gasteiger partial charge on any atom is 0.435 e. The Morgan fingerprint density at radius 2 is 1.94 bits per heavy atom. The minimum atomic E-state index is -4.65. The molecule has 4 nitrogen and oxygen atoms in total. The smallest absolute Gasteiger partial charge is 0.222 e. The topological polar surface area (TPSA) is 59.9 Å². The van der Waals surface area contributed by atoms with Crippen LogP contribution in [0.4, 0.5) is 13.2 Å². The van der Waals surface area contributed by atoms with Gasteiger partial charge in [0, 0.05) is 5.88 Å². The van der Waals surface area contributed by atoms with Crippen molar-refractivity contribution in [1.82, 2.24) is 10.2 Å². The zero-order valence-electron chi connectivity index (χ0n) is 8.57. The summed E-state index contributed by atoms with van der Waals surface area (Å²) >= 11 is 5.38. The molecule has 0 saturated carbocycles. The lowest BCUT2D eigenvalue weighted by Crippen LogP contribution is -2.21. The van der Waals surface area contributed by atoms with Gasteiger partial charge in [0.15, 0.2) is 10.7 Å². The Balaban J connectivity index is 3.12. The maximum absolute atomic E-state index is 12.2. The van der Waals surface area contributed by atoms with Crippen molar-refractivity contribution >= 4 is 21.4 Å². The third-order valence-corrected chi connectivity index (χ3v) is 4.64. The molecule has 0 aliphatic heterocycles. The van der Waals surface area contributed by atoms with Crippen LogP contribution in [0.1, 0.15) is 12.6 Å². The van der Waals surface area contributed by atoms with E-state index in [2.05, 4.69) is 10.2 Å². The molecule has 0 radical (unpaired) electrons. The number of hydrogen-bond acceptors (Lipinski definition) is 4. The fourth-order valence-corrected chi connectivity index (χ4v) is 2.40. The van der Waals surface area contributed by atoms with Crippen LogP contribution in [-0.2, 0) is 16.0 Å². The number of aromatic nitrogens is 2. The Morgan fingerprint density at radius 1 is 1.35 bits per heavy atom. The van der Waals surface area contributed by atoms with Crippen molar-refractivity contribution in [3.05, 3.63) is 17.8 Å². The van der Waals surface area contributed by atoms with E-state index in [1.807, 2.05) is 0 Å². The molecular formula is C8H8ClF3N2O2S. The Hall–Kier alpha value is -0.890. The van der Waals surface area contributed by atoms with Gasteiger partial charge in [-0.05, 0) is 19.1 Å². The number of alkyl halides is 4. The van der Waals surface area contributed by atoms with Crippen LogP contribution >= 0.6 is 11.6 Å². The molecule has 1 heterocycles. The van der Waals surface area contributed by atoms with Crippen LogP contribution in [0.15, 0.2) is 17.2 Å². The van der Waals surface area contributed by atoms with Crippen LogP contribution < -0.4 is 0 Å². The highest BCUT2D eigenvalue weighted by atomic mass is 35.5. The number of hydrogen-bond donors (Lipinski definition) is 0. The molecule has 0 spiro atoms. The van der Waals surface area contributed by atoms with E-state index in [0.717, 1.165) is 6.07 Å². The highest BCUT2D eigenvalue weighted by Gasteiger charge is 2.34. The van der Waals surface area contributed by atoms with E-state index in [9.17, 15) is 21.6 Å². The molecule has 17 heavy (non-hydrogen) atoms. The van der Waals surface area contributed by atoms with Crippen molar-refractivity contribution < 1.29 is 21.6 Å². The van der Waals surface area contributed by atoms with Gasteiger partial charge in [-0.25, -0.2) is 8.42 Å². The third kappa shape index (κ3) is 3.06. The Kier molecular flexibility index (Phi) is 3.98. The molecule has 0 aromatic carbocycles. The van der Waals surface area contributed by atoms with Crippen LogP contribution in [0, 0.1) is 0 Å². The fraction of sp³-hybridized carbons (Fsp3) is 0.500. The van der Waals surface area contributed by atoms with Gasteiger partial charge in [-0.3, -0.25) is 0 Å². The first-order valence-corrected chi connectivity index (χ1v) is 6.48. The second-order valence-electron chi connectivity index (χ2n) is 3.26. The van der Waals surface area contributed by atoms with Gasteiger partial charge in [-0.2, -0.15) is 13.2 Å². The monoisotopic (exact) mass is 288 g/mol. The first-order valence-electron chi connectivity index (χ1n) is 4.40. The molecular weight excluding hydrogens is 281 g/mol. The number of nitrogens with zero attached hydrogens (tertiary/aromatic N) is 2. The predicted molar refractivity (Wildman–Crippen MR) is 54.4 cm³/mol. The molecule has 0 saturated heterocycles. The molecule has 1 rings (SSSR count). The summed E-state index contributed by atoms with van der Waals surface area (Å²) in [6.07, 6.45) is -4.65. The van der Waals surface area contributed by atoms with Crippen LogP contribution in [0.2, 0.25) is 0 Å². The number of rotatable bonds is 3. The van der Waals surface area contributed by atoms with Gasteiger partial charge in [0.1, 0.15) is 0 Å². The molecule has 0 aliphatic rings. The highest BCUT2D eigenvalue weighted by molar-refractivity contribution is 7.92. The maximum atomic E-state index is 12.2. The van der Waals surface area contributed by atoms with Gasteiger partial charge in [0.05, 0.1) is 5.25 Å². The van der Waals surface area contributed by atoms with Crippen molar-refractivity contribution in [3.63, 3.8) is 0 Å². The lowest BCUT2D eigenvalue weighted by molar-refractivity contribution is -0.141. The van der Waals surface area contributed by atoms with E-state index >= 15 is 0 Å². The molecule has 1 aromatic heterocycles. The SMILES string of the molecule is CC(CCl)S(=O)(=O)c1ccc(C(F)(F)F)nn1. The average Bonchev–Trinajstić information content (AvgIpc) is 2.27. The van der Waals surface area contributed by atoms with Gasteiger partial charge in [-0.15, -0.1) is 21.8 Å². The van der Waals surface area contributed by atoms with E-state index < -0.39 is 32.0 Å². The van der Waals surface area contributed by atoms with Crippen molar-refractivity contribution in [3.8, 4) is 0 Å². The first-order chi connectivity index (χ1) is 7.69. The number of halogens is 4. The van der Waals surface area contributed by atoms with Gasteiger partial charge in [0.25, 0.3) is 0 Å². The molecule has 0 amide bonds. The van der Waals surface area contributed by atoms with Crippen molar-refractivity contribution in [2.45, 2.75) is 23.4 Å². The van der Waals surface area contributed by atoms with Gasteiger partial charge < -0.3 is 0 Å². The van der Waals surface area contributed by atoms with E-state index in [1.54, 1.807) is 0 Å². The van der Waals surface area contributed by atoms with Crippen LogP contribution in [-0.4, -0.2) is 29.7 Å². The molecule has 1 aromatic rings. The fourth-order valence-electron chi connectivity index (χ4n) is 0.912. The molecule has 0 bridgehead atoms. The van der Waals surface area contributed by atoms with E-state index in [-0.39, 0.29) is 5.88 Å². The highest BCUT2D eigenvalue weighted by Crippen LogP contribution is 2.27. The first kappa shape index (κ1) is 14.2. The second kappa shape index (κ2) is 4.77. The lowest BCUT2D eigenvalue weighted by Gasteiger charge is -2.09.